The fourth-order valence-corrected chi connectivity index (χ4v) is 2.08. The number of hydrogen-bond donors (Lipinski definition) is 1. The van der Waals surface area contributed by atoms with E-state index < -0.39 is 5.60 Å². The van der Waals surface area contributed by atoms with E-state index in [1.54, 1.807) is 6.20 Å². The first kappa shape index (κ1) is 11.7. The molecule has 5 heteroatoms. The number of ether oxygens (including phenoxy) is 2. The highest BCUT2D eigenvalue weighted by Crippen LogP contribution is 2.26. The van der Waals surface area contributed by atoms with Crippen LogP contribution in [0, 0.1) is 0 Å². The van der Waals surface area contributed by atoms with Gasteiger partial charge < -0.3 is 14.6 Å². The largest absolute Gasteiger partial charge is 0.490 e. The van der Waals surface area contributed by atoms with E-state index in [0.717, 1.165) is 10.8 Å². The summed E-state index contributed by atoms with van der Waals surface area (Å²) in [6.07, 6.45) is 1.65. The Labute approximate surface area is 109 Å². The third-order valence-electron chi connectivity index (χ3n) is 2.94. The molecule has 1 aliphatic rings. The molecule has 0 atom stereocenters. The minimum atomic E-state index is -0.842. The van der Waals surface area contributed by atoms with Crippen molar-refractivity contribution in [2.24, 2.45) is 0 Å². The second-order valence-electron chi connectivity index (χ2n) is 4.49. The van der Waals surface area contributed by atoms with E-state index in [4.69, 9.17) is 21.1 Å². The van der Waals surface area contributed by atoms with Crippen LogP contribution in [0.5, 0.6) is 5.75 Å². The Hall–Kier alpha value is -1.36. The summed E-state index contributed by atoms with van der Waals surface area (Å²) in [6, 6.07) is 7.43. The van der Waals surface area contributed by atoms with Crippen LogP contribution in [0.3, 0.4) is 0 Å². The topological polar surface area (TPSA) is 51.6 Å². The lowest BCUT2D eigenvalue weighted by Gasteiger charge is -2.35. The first-order valence-electron chi connectivity index (χ1n) is 5.64. The molecule has 4 nitrogen and oxygen atoms in total. The van der Waals surface area contributed by atoms with Crippen LogP contribution >= 0.6 is 11.6 Å². The highest BCUT2D eigenvalue weighted by atomic mass is 35.5. The summed E-state index contributed by atoms with van der Waals surface area (Å²) < 4.78 is 10.5. The summed E-state index contributed by atoms with van der Waals surface area (Å²) >= 11 is 5.98. The van der Waals surface area contributed by atoms with Gasteiger partial charge in [0.05, 0.1) is 13.2 Å². The first-order chi connectivity index (χ1) is 8.66. The molecule has 1 aromatic carbocycles. The van der Waals surface area contributed by atoms with E-state index in [-0.39, 0.29) is 6.61 Å². The summed E-state index contributed by atoms with van der Waals surface area (Å²) in [6.45, 7) is 0.893. The number of hydrogen-bond acceptors (Lipinski definition) is 4. The van der Waals surface area contributed by atoms with Crippen LogP contribution < -0.4 is 4.74 Å². The van der Waals surface area contributed by atoms with Crippen LogP contribution in [-0.2, 0) is 4.74 Å². The van der Waals surface area contributed by atoms with Gasteiger partial charge in [0, 0.05) is 11.6 Å². The summed E-state index contributed by atoms with van der Waals surface area (Å²) in [5.41, 5.74) is -0.842. The van der Waals surface area contributed by atoms with Crippen LogP contribution in [0.25, 0.3) is 10.8 Å². The van der Waals surface area contributed by atoms with Crippen LogP contribution in [0.1, 0.15) is 0 Å². The Bertz CT molecular complexity index is 583. The molecule has 94 valence electrons. The van der Waals surface area contributed by atoms with Crippen LogP contribution in [0.4, 0.5) is 0 Å². The third-order valence-corrected chi connectivity index (χ3v) is 3.24. The maximum Gasteiger partial charge on any atom is 0.145 e. The van der Waals surface area contributed by atoms with Crippen molar-refractivity contribution in [3.63, 3.8) is 0 Å². The van der Waals surface area contributed by atoms with Gasteiger partial charge >= 0.3 is 0 Å². The van der Waals surface area contributed by atoms with Crippen molar-refractivity contribution in [1.29, 1.82) is 0 Å². The van der Waals surface area contributed by atoms with Gasteiger partial charge in [-0.3, -0.25) is 0 Å². The van der Waals surface area contributed by atoms with Crippen LogP contribution in [0.2, 0.25) is 5.15 Å². The maximum atomic E-state index is 9.85. The van der Waals surface area contributed by atoms with Gasteiger partial charge in [0.2, 0.25) is 0 Å². The summed E-state index contributed by atoms with van der Waals surface area (Å²) in [5, 5.41) is 12.2. The van der Waals surface area contributed by atoms with Gasteiger partial charge in [-0.2, -0.15) is 0 Å². The van der Waals surface area contributed by atoms with Crippen molar-refractivity contribution < 1.29 is 14.6 Å². The number of rotatable bonds is 3. The normalized spacial score (nSPS) is 17.4. The van der Waals surface area contributed by atoms with Gasteiger partial charge in [-0.15, -0.1) is 0 Å². The maximum absolute atomic E-state index is 9.85. The molecule has 1 fully saturated rings. The fraction of sp³-hybridized carbons (Fsp3) is 0.308. The molecule has 1 aromatic heterocycles. The lowest BCUT2D eigenvalue weighted by Crippen LogP contribution is -2.53. The average molecular weight is 266 g/mol. The predicted octanol–water partition coefficient (Wildman–Crippen LogP) is 2.03. The number of benzene rings is 1. The second kappa shape index (κ2) is 4.39. The molecule has 2 heterocycles. The van der Waals surface area contributed by atoms with E-state index in [1.807, 2.05) is 24.3 Å². The standard InChI is InChI=1S/C13H12ClNO3/c14-12-11-2-1-10(5-9(11)3-4-15-12)18-8-13(16)6-17-7-13/h1-5,16H,6-8H2. The molecule has 3 rings (SSSR count). The highest BCUT2D eigenvalue weighted by Gasteiger charge is 2.37. The van der Waals surface area contributed by atoms with E-state index in [9.17, 15) is 5.11 Å². The Morgan fingerprint density at radius 2 is 2.22 bits per heavy atom. The van der Waals surface area contributed by atoms with Gasteiger partial charge in [0.1, 0.15) is 23.1 Å². The van der Waals surface area contributed by atoms with Gasteiger partial charge in [-0.05, 0) is 29.7 Å². The SMILES string of the molecule is OC1(COc2ccc3c(Cl)nccc3c2)COC1. The Balaban J connectivity index is 1.81. The molecule has 0 spiro atoms. The number of aromatic nitrogens is 1. The molecular weight excluding hydrogens is 254 g/mol. The second-order valence-corrected chi connectivity index (χ2v) is 4.85. The van der Waals surface area contributed by atoms with Crippen LogP contribution in [0.15, 0.2) is 30.5 Å². The van der Waals surface area contributed by atoms with E-state index >= 15 is 0 Å². The number of aliphatic hydroxyl groups is 1. The van der Waals surface area contributed by atoms with Crippen LogP contribution in [-0.4, -0.2) is 35.5 Å². The first-order valence-corrected chi connectivity index (χ1v) is 6.01. The van der Waals surface area contributed by atoms with Gasteiger partial charge in [-0.1, -0.05) is 11.6 Å². The molecular formula is C13H12ClNO3. The lowest BCUT2D eigenvalue weighted by molar-refractivity contribution is -0.192. The smallest absolute Gasteiger partial charge is 0.145 e. The summed E-state index contributed by atoms with van der Waals surface area (Å²) in [7, 11) is 0. The van der Waals surface area contributed by atoms with E-state index in [2.05, 4.69) is 4.98 Å². The molecule has 0 aliphatic carbocycles. The average Bonchev–Trinajstić information content (AvgIpc) is 2.34. The van der Waals surface area contributed by atoms with Crippen molar-refractivity contribution in [3.8, 4) is 5.75 Å². The van der Waals surface area contributed by atoms with Crippen molar-refractivity contribution in [2.75, 3.05) is 19.8 Å². The number of halogens is 1. The molecule has 0 radical (unpaired) electrons. The van der Waals surface area contributed by atoms with Gasteiger partial charge in [0.25, 0.3) is 0 Å². The lowest BCUT2D eigenvalue weighted by atomic mass is 10.0. The van der Waals surface area contributed by atoms with Crippen molar-refractivity contribution in [3.05, 3.63) is 35.6 Å². The molecule has 1 N–H and O–H groups in total. The summed E-state index contributed by atoms with van der Waals surface area (Å²) in [5.74, 6) is 0.699. The number of fused-ring (bicyclic) bond motifs is 1. The zero-order valence-corrected chi connectivity index (χ0v) is 10.4. The highest BCUT2D eigenvalue weighted by molar-refractivity contribution is 6.34. The van der Waals surface area contributed by atoms with Gasteiger partial charge in [-0.25, -0.2) is 4.98 Å². The zero-order chi connectivity index (χ0) is 12.6. The minimum absolute atomic E-state index is 0.233. The van der Waals surface area contributed by atoms with Crippen molar-refractivity contribution >= 4 is 22.4 Å². The molecule has 2 aromatic rings. The fourth-order valence-electron chi connectivity index (χ4n) is 1.85. The molecule has 0 amide bonds. The molecule has 0 unspecified atom stereocenters. The molecule has 0 bridgehead atoms. The number of pyridine rings is 1. The van der Waals surface area contributed by atoms with Crippen molar-refractivity contribution in [2.45, 2.75) is 5.60 Å². The predicted molar refractivity (Wildman–Crippen MR) is 68.0 cm³/mol. The molecule has 18 heavy (non-hydrogen) atoms. The van der Waals surface area contributed by atoms with Gasteiger partial charge in [0.15, 0.2) is 0 Å². The minimum Gasteiger partial charge on any atom is -0.490 e. The van der Waals surface area contributed by atoms with E-state index in [1.165, 1.54) is 0 Å². The Morgan fingerprint density at radius 3 is 2.94 bits per heavy atom. The van der Waals surface area contributed by atoms with Crippen molar-refractivity contribution in [1.82, 2.24) is 4.98 Å². The molecule has 1 aliphatic heterocycles. The summed E-state index contributed by atoms with van der Waals surface area (Å²) in [4.78, 5) is 4.01. The zero-order valence-electron chi connectivity index (χ0n) is 9.60. The Kier molecular flexibility index (Phi) is 2.86. The molecule has 1 saturated heterocycles. The quantitative estimate of drug-likeness (QED) is 0.863. The van der Waals surface area contributed by atoms with E-state index in [0.29, 0.717) is 24.1 Å². The number of nitrogens with zero attached hydrogens (tertiary/aromatic N) is 1. The third kappa shape index (κ3) is 2.14. The molecule has 0 saturated carbocycles. The Morgan fingerprint density at radius 1 is 1.39 bits per heavy atom. The monoisotopic (exact) mass is 265 g/mol.